The number of aliphatic hydroxyl groups excluding tert-OH is 1. The van der Waals surface area contributed by atoms with Crippen LogP contribution in [0.15, 0.2) is 0 Å². The fourth-order valence-electron chi connectivity index (χ4n) is 1.90. The van der Waals surface area contributed by atoms with Crippen molar-refractivity contribution < 1.29 is 5.11 Å². The molecule has 3 heteroatoms. The van der Waals surface area contributed by atoms with Gasteiger partial charge >= 0.3 is 0 Å². The second kappa shape index (κ2) is 10.1. The highest BCUT2D eigenvalue weighted by Gasteiger charge is 2.25. The number of rotatable bonds is 11. The molecule has 0 aromatic rings. The number of thioether (sulfide) groups is 1. The smallest absolute Gasteiger partial charge is 0.0613 e. The molecule has 0 bridgehead atoms. The first kappa shape index (κ1) is 18.3. The Morgan fingerprint density at radius 2 is 1.89 bits per heavy atom. The molecule has 0 aromatic carbocycles. The molecule has 18 heavy (non-hydrogen) atoms. The molecule has 0 radical (unpaired) electrons. The molecular weight excluding hydrogens is 242 g/mol. The number of hydrogen-bond acceptors (Lipinski definition) is 3. The Morgan fingerprint density at radius 1 is 1.22 bits per heavy atom. The summed E-state index contributed by atoms with van der Waals surface area (Å²) in [6.45, 7) is 12.5. The van der Waals surface area contributed by atoms with Gasteiger partial charge in [0.15, 0.2) is 0 Å². The lowest BCUT2D eigenvalue weighted by Crippen LogP contribution is -2.48. The molecule has 2 atom stereocenters. The van der Waals surface area contributed by atoms with Crippen LogP contribution in [-0.2, 0) is 0 Å². The number of aliphatic hydroxyl groups is 1. The third-order valence-electron chi connectivity index (χ3n) is 3.85. The maximum Gasteiger partial charge on any atom is 0.0613 e. The molecule has 2 unspecified atom stereocenters. The van der Waals surface area contributed by atoms with Crippen LogP contribution in [0.1, 0.15) is 60.3 Å². The summed E-state index contributed by atoms with van der Waals surface area (Å²) in [7, 11) is 0. The minimum Gasteiger partial charge on any atom is -0.394 e. The van der Waals surface area contributed by atoms with Crippen molar-refractivity contribution >= 4 is 11.8 Å². The number of nitrogens with one attached hydrogen (secondary N) is 1. The van der Waals surface area contributed by atoms with E-state index in [9.17, 15) is 5.11 Å². The Kier molecular flexibility index (Phi) is 10.3. The van der Waals surface area contributed by atoms with Gasteiger partial charge in [-0.2, -0.15) is 11.8 Å². The molecule has 0 amide bonds. The first-order chi connectivity index (χ1) is 8.51. The Morgan fingerprint density at radius 3 is 2.33 bits per heavy atom. The van der Waals surface area contributed by atoms with E-state index in [-0.39, 0.29) is 12.1 Å². The van der Waals surface area contributed by atoms with Crippen LogP contribution in [-0.4, -0.2) is 34.8 Å². The van der Waals surface area contributed by atoms with Crippen LogP contribution in [0, 0.1) is 5.92 Å². The summed E-state index contributed by atoms with van der Waals surface area (Å²) in [5.41, 5.74) is -0.0440. The van der Waals surface area contributed by atoms with Crippen molar-refractivity contribution in [1.82, 2.24) is 5.32 Å². The van der Waals surface area contributed by atoms with Gasteiger partial charge in [0, 0.05) is 10.8 Å². The fourth-order valence-corrected chi connectivity index (χ4v) is 2.97. The van der Waals surface area contributed by atoms with Crippen LogP contribution in [0.3, 0.4) is 0 Å². The quantitative estimate of drug-likeness (QED) is 0.564. The number of hydrogen-bond donors (Lipinski definition) is 2. The monoisotopic (exact) mass is 275 g/mol. The van der Waals surface area contributed by atoms with E-state index in [4.69, 9.17) is 0 Å². The van der Waals surface area contributed by atoms with E-state index in [1.165, 1.54) is 12.2 Å². The zero-order valence-corrected chi connectivity index (χ0v) is 13.8. The average Bonchev–Trinajstić information content (AvgIpc) is 2.38. The maximum atomic E-state index is 9.63. The van der Waals surface area contributed by atoms with Gasteiger partial charge in [0.05, 0.1) is 6.61 Å². The Hall–Kier alpha value is 0.270. The van der Waals surface area contributed by atoms with E-state index in [0.29, 0.717) is 0 Å². The van der Waals surface area contributed by atoms with Gasteiger partial charge in [0.25, 0.3) is 0 Å². The van der Waals surface area contributed by atoms with Gasteiger partial charge in [-0.1, -0.05) is 34.6 Å². The highest BCUT2D eigenvalue weighted by molar-refractivity contribution is 7.99. The summed E-state index contributed by atoms with van der Waals surface area (Å²) in [5.74, 6) is 1.96. The summed E-state index contributed by atoms with van der Waals surface area (Å²) in [4.78, 5) is 0. The minimum atomic E-state index is -0.0440. The SMILES string of the molecule is CCCNC(CC)(CO)CCCSC(C)C(C)C. The van der Waals surface area contributed by atoms with Gasteiger partial charge in [-0.15, -0.1) is 0 Å². The fraction of sp³-hybridized carbons (Fsp3) is 1.00. The molecule has 0 heterocycles. The zero-order valence-electron chi connectivity index (χ0n) is 13.0. The normalized spacial score (nSPS) is 16.8. The summed E-state index contributed by atoms with van der Waals surface area (Å²) in [6.07, 6.45) is 4.40. The van der Waals surface area contributed by atoms with E-state index in [1.807, 2.05) is 0 Å². The van der Waals surface area contributed by atoms with Gasteiger partial charge in [-0.25, -0.2) is 0 Å². The first-order valence-electron chi connectivity index (χ1n) is 7.48. The minimum absolute atomic E-state index is 0.0440. The molecule has 2 nitrogen and oxygen atoms in total. The Labute approximate surface area is 118 Å². The molecule has 0 aliphatic rings. The predicted octanol–water partition coefficient (Wildman–Crippen LogP) is 3.69. The third kappa shape index (κ3) is 7.01. The van der Waals surface area contributed by atoms with Crippen molar-refractivity contribution in [2.45, 2.75) is 71.1 Å². The van der Waals surface area contributed by atoms with Crippen LogP contribution in [0.2, 0.25) is 0 Å². The average molecular weight is 276 g/mol. The first-order valence-corrected chi connectivity index (χ1v) is 8.53. The molecular formula is C15H33NOS. The predicted molar refractivity (Wildman–Crippen MR) is 84.4 cm³/mol. The zero-order chi connectivity index (χ0) is 14.0. The molecule has 0 aliphatic heterocycles. The van der Waals surface area contributed by atoms with Crippen LogP contribution in [0.4, 0.5) is 0 Å². The molecule has 0 saturated carbocycles. The molecule has 0 saturated heterocycles. The highest BCUT2D eigenvalue weighted by Crippen LogP contribution is 2.23. The van der Waals surface area contributed by atoms with Crippen molar-refractivity contribution in [1.29, 1.82) is 0 Å². The van der Waals surface area contributed by atoms with Crippen LogP contribution in [0.5, 0.6) is 0 Å². The summed E-state index contributed by atoms with van der Waals surface area (Å²) in [5, 5.41) is 13.9. The van der Waals surface area contributed by atoms with Gasteiger partial charge in [-0.3, -0.25) is 0 Å². The highest BCUT2D eigenvalue weighted by atomic mass is 32.2. The van der Waals surface area contributed by atoms with Crippen molar-refractivity contribution in [3.8, 4) is 0 Å². The van der Waals surface area contributed by atoms with Gasteiger partial charge < -0.3 is 10.4 Å². The van der Waals surface area contributed by atoms with Crippen molar-refractivity contribution in [2.24, 2.45) is 5.92 Å². The molecule has 0 aromatic heterocycles. The third-order valence-corrected chi connectivity index (χ3v) is 5.44. The second-order valence-corrected chi connectivity index (χ2v) is 7.13. The van der Waals surface area contributed by atoms with Gasteiger partial charge in [-0.05, 0) is 43.9 Å². The molecule has 0 fully saturated rings. The van der Waals surface area contributed by atoms with E-state index < -0.39 is 0 Å². The van der Waals surface area contributed by atoms with E-state index in [0.717, 1.165) is 37.0 Å². The van der Waals surface area contributed by atoms with Crippen molar-refractivity contribution in [2.75, 3.05) is 18.9 Å². The van der Waals surface area contributed by atoms with Gasteiger partial charge in [0.1, 0.15) is 0 Å². The molecule has 110 valence electrons. The topological polar surface area (TPSA) is 32.3 Å². The maximum absolute atomic E-state index is 9.63. The van der Waals surface area contributed by atoms with Crippen molar-refractivity contribution in [3.63, 3.8) is 0 Å². The lowest BCUT2D eigenvalue weighted by Gasteiger charge is -2.32. The molecule has 0 aliphatic carbocycles. The largest absolute Gasteiger partial charge is 0.394 e. The van der Waals surface area contributed by atoms with Crippen molar-refractivity contribution in [3.05, 3.63) is 0 Å². The molecule has 0 spiro atoms. The van der Waals surface area contributed by atoms with Gasteiger partial charge in [0.2, 0.25) is 0 Å². The Balaban J connectivity index is 3.96. The lowest BCUT2D eigenvalue weighted by atomic mass is 9.91. The standard InChI is InChI=1S/C15H33NOS/c1-6-10-16-15(7-2,12-17)9-8-11-18-14(5)13(3)4/h13-14,16-17H,6-12H2,1-5H3. The van der Waals surface area contributed by atoms with Crippen LogP contribution in [0.25, 0.3) is 0 Å². The van der Waals surface area contributed by atoms with E-state index in [2.05, 4.69) is 51.7 Å². The molecule has 2 N–H and O–H groups in total. The van der Waals surface area contributed by atoms with Crippen LogP contribution >= 0.6 is 11.8 Å². The summed E-state index contributed by atoms with van der Waals surface area (Å²) < 4.78 is 0. The van der Waals surface area contributed by atoms with E-state index >= 15 is 0 Å². The second-order valence-electron chi connectivity index (χ2n) is 5.64. The van der Waals surface area contributed by atoms with Crippen LogP contribution < -0.4 is 5.32 Å². The molecule has 0 rings (SSSR count). The van der Waals surface area contributed by atoms with E-state index in [1.54, 1.807) is 0 Å². The Bertz CT molecular complexity index is 193. The lowest BCUT2D eigenvalue weighted by molar-refractivity contribution is 0.146. The summed E-state index contributed by atoms with van der Waals surface area (Å²) >= 11 is 2.06. The summed E-state index contributed by atoms with van der Waals surface area (Å²) in [6, 6.07) is 0.